The number of aryl methyl sites for hydroxylation is 2. The normalized spacial score (nSPS) is 10.7. The summed E-state index contributed by atoms with van der Waals surface area (Å²) >= 11 is 0. The average Bonchev–Trinajstić information content (AvgIpc) is 3.16. The molecular weight excluding hydrogens is 370 g/mol. The summed E-state index contributed by atoms with van der Waals surface area (Å²) in [7, 11) is 0. The summed E-state index contributed by atoms with van der Waals surface area (Å²) in [5.74, 6) is 0.431. The highest BCUT2D eigenvalue weighted by molar-refractivity contribution is 5.68. The van der Waals surface area contributed by atoms with Crippen LogP contribution < -0.4 is 4.74 Å². The van der Waals surface area contributed by atoms with Gasteiger partial charge in [-0.25, -0.2) is 0 Å². The number of nitrogens with zero attached hydrogens (tertiary/aromatic N) is 3. The number of aliphatic carboxylic acids is 1. The van der Waals surface area contributed by atoms with Crippen LogP contribution in [0.3, 0.4) is 0 Å². The lowest BCUT2D eigenvalue weighted by Gasteiger charge is -2.11. The lowest BCUT2D eigenvalue weighted by Crippen LogP contribution is -2.06. The largest absolute Gasteiger partial charge is 0.490 e. The molecule has 0 saturated carbocycles. The molecular formula is C22H21N3O4. The fourth-order valence-electron chi connectivity index (χ4n) is 2.94. The molecule has 0 atom stereocenters. The molecule has 0 saturated heterocycles. The molecule has 2 aromatic carbocycles. The van der Waals surface area contributed by atoms with Crippen LogP contribution in [0.4, 0.5) is 0 Å². The Labute approximate surface area is 168 Å². The Morgan fingerprint density at radius 3 is 2.72 bits per heavy atom. The molecule has 3 aromatic rings. The number of hydrogen-bond donors (Lipinski definition) is 1. The zero-order chi connectivity index (χ0) is 21.0. The molecule has 0 unspecified atom stereocenters. The van der Waals surface area contributed by atoms with Crippen LogP contribution in [0.5, 0.6) is 5.75 Å². The van der Waals surface area contributed by atoms with E-state index in [1.54, 1.807) is 18.2 Å². The molecule has 3 rings (SSSR count). The molecule has 0 fully saturated rings. The Bertz CT molecular complexity index is 1080. The maximum atomic E-state index is 10.7. The lowest BCUT2D eigenvalue weighted by atomic mass is 10.0. The molecule has 7 nitrogen and oxygen atoms in total. The minimum absolute atomic E-state index is 0.0376. The van der Waals surface area contributed by atoms with Crippen LogP contribution >= 0.6 is 0 Å². The zero-order valence-corrected chi connectivity index (χ0v) is 16.5. The molecule has 0 amide bonds. The highest BCUT2D eigenvalue weighted by Gasteiger charge is 2.15. The molecule has 0 spiro atoms. The van der Waals surface area contributed by atoms with Gasteiger partial charge in [-0.05, 0) is 56.5 Å². The molecule has 0 aliphatic heterocycles. The number of benzene rings is 2. The van der Waals surface area contributed by atoms with Gasteiger partial charge < -0.3 is 14.4 Å². The van der Waals surface area contributed by atoms with Gasteiger partial charge in [0, 0.05) is 17.5 Å². The second-order valence-electron chi connectivity index (χ2n) is 6.96. The number of carbonyl (C=O) groups is 1. The van der Waals surface area contributed by atoms with Crippen molar-refractivity contribution in [2.45, 2.75) is 39.7 Å². The van der Waals surface area contributed by atoms with Crippen LogP contribution in [0.15, 0.2) is 40.9 Å². The summed E-state index contributed by atoms with van der Waals surface area (Å²) in [4.78, 5) is 15.2. The van der Waals surface area contributed by atoms with Crippen molar-refractivity contribution in [2.24, 2.45) is 0 Å². The van der Waals surface area contributed by atoms with E-state index < -0.39 is 5.97 Å². The van der Waals surface area contributed by atoms with Gasteiger partial charge in [0.05, 0.1) is 11.7 Å². The van der Waals surface area contributed by atoms with Gasteiger partial charge in [-0.1, -0.05) is 23.4 Å². The summed E-state index contributed by atoms with van der Waals surface area (Å²) in [6.45, 7) is 5.71. The van der Waals surface area contributed by atoms with E-state index in [4.69, 9.17) is 14.4 Å². The van der Waals surface area contributed by atoms with Crippen molar-refractivity contribution in [3.8, 4) is 34.7 Å². The highest BCUT2D eigenvalue weighted by atomic mass is 16.5. The molecule has 1 aromatic heterocycles. The molecule has 0 aliphatic carbocycles. The van der Waals surface area contributed by atoms with Crippen molar-refractivity contribution < 1.29 is 19.2 Å². The Hall–Kier alpha value is -3.66. The molecule has 1 N–H and O–H groups in total. The number of carboxylic acid groups (broad SMARTS) is 1. The third-order valence-electron chi connectivity index (χ3n) is 4.29. The van der Waals surface area contributed by atoms with Crippen LogP contribution in [0, 0.1) is 18.3 Å². The van der Waals surface area contributed by atoms with Gasteiger partial charge in [-0.3, -0.25) is 4.79 Å². The first-order chi connectivity index (χ1) is 13.9. The van der Waals surface area contributed by atoms with Gasteiger partial charge in [-0.15, -0.1) is 0 Å². The second-order valence-corrected chi connectivity index (χ2v) is 6.96. The molecule has 0 bridgehead atoms. The molecule has 7 heteroatoms. The van der Waals surface area contributed by atoms with E-state index in [1.165, 1.54) is 0 Å². The zero-order valence-electron chi connectivity index (χ0n) is 16.5. The Morgan fingerprint density at radius 1 is 1.28 bits per heavy atom. The Morgan fingerprint density at radius 2 is 2.07 bits per heavy atom. The lowest BCUT2D eigenvalue weighted by molar-refractivity contribution is -0.136. The van der Waals surface area contributed by atoms with Crippen molar-refractivity contribution in [2.75, 3.05) is 0 Å². The standard InChI is InChI=1S/C22H21N3O4/c1-13(2)28-19-8-6-16(11-17(19)12-23)22-24-21(25-29-22)18-7-4-15(10-14(18)3)5-9-20(26)27/h4,6-8,10-11,13H,5,9H2,1-3H3,(H,26,27). The van der Waals surface area contributed by atoms with Crippen LogP contribution in [-0.2, 0) is 11.2 Å². The number of carboxylic acids is 1. The van der Waals surface area contributed by atoms with E-state index in [2.05, 4.69) is 16.2 Å². The van der Waals surface area contributed by atoms with Crippen LogP contribution in [0.2, 0.25) is 0 Å². The summed E-state index contributed by atoms with van der Waals surface area (Å²) in [5, 5.41) is 22.3. The van der Waals surface area contributed by atoms with Crippen molar-refractivity contribution in [3.63, 3.8) is 0 Å². The van der Waals surface area contributed by atoms with Crippen molar-refractivity contribution in [1.29, 1.82) is 5.26 Å². The number of nitriles is 1. The molecule has 0 aliphatic rings. The van der Waals surface area contributed by atoms with Gasteiger partial charge in [0.25, 0.3) is 5.89 Å². The third kappa shape index (κ3) is 4.79. The third-order valence-corrected chi connectivity index (χ3v) is 4.29. The van der Waals surface area contributed by atoms with Gasteiger partial charge in [-0.2, -0.15) is 10.2 Å². The van der Waals surface area contributed by atoms with E-state index >= 15 is 0 Å². The Balaban J connectivity index is 1.86. The summed E-state index contributed by atoms with van der Waals surface area (Å²) < 4.78 is 11.0. The van der Waals surface area contributed by atoms with E-state index in [0.29, 0.717) is 35.0 Å². The van der Waals surface area contributed by atoms with Crippen LogP contribution in [0.1, 0.15) is 37.0 Å². The van der Waals surface area contributed by atoms with Crippen molar-refractivity contribution in [1.82, 2.24) is 10.1 Å². The van der Waals surface area contributed by atoms with Gasteiger partial charge in [0.1, 0.15) is 11.8 Å². The number of aromatic nitrogens is 2. The van der Waals surface area contributed by atoms with Crippen molar-refractivity contribution in [3.05, 3.63) is 53.1 Å². The fraction of sp³-hybridized carbons (Fsp3) is 0.273. The highest BCUT2D eigenvalue weighted by Crippen LogP contribution is 2.29. The smallest absolute Gasteiger partial charge is 0.303 e. The monoisotopic (exact) mass is 391 g/mol. The molecule has 1 heterocycles. The summed E-state index contributed by atoms with van der Waals surface area (Å²) in [5.41, 5.74) is 3.71. The maximum absolute atomic E-state index is 10.7. The average molecular weight is 391 g/mol. The Kier molecular flexibility index (Phi) is 5.93. The summed E-state index contributed by atoms with van der Waals surface area (Å²) in [6.07, 6.45) is 0.517. The second kappa shape index (κ2) is 8.57. The fourth-order valence-corrected chi connectivity index (χ4v) is 2.94. The topological polar surface area (TPSA) is 109 Å². The van der Waals surface area contributed by atoms with Gasteiger partial charge in [0.15, 0.2) is 0 Å². The quantitative estimate of drug-likeness (QED) is 0.636. The minimum atomic E-state index is -0.823. The van der Waals surface area contributed by atoms with E-state index in [1.807, 2.05) is 39.0 Å². The predicted octanol–water partition coefficient (Wildman–Crippen LogP) is 4.39. The maximum Gasteiger partial charge on any atom is 0.303 e. The minimum Gasteiger partial charge on any atom is -0.490 e. The van der Waals surface area contributed by atoms with E-state index in [-0.39, 0.29) is 12.5 Å². The number of hydrogen-bond acceptors (Lipinski definition) is 6. The first-order valence-electron chi connectivity index (χ1n) is 9.24. The predicted molar refractivity (Wildman–Crippen MR) is 106 cm³/mol. The van der Waals surface area contributed by atoms with Crippen molar-refractivity contribution >= 4 is 5.97 Å². The van der Waals surface area contributed by atoms with E-state index in [0.717, 1.165) is 16.7 Å². The van der Waals surface area contributed by atoms with Gasteiger partial charge >= 0.3 is 5.97 Å². The first-order valence-corrected chi connectivity index (χ1v) is 9.24. The van der Waals surface area contributed by atoms with Gasteiger partial charge in [0.2, 0.25) is 5.82 Å². The van der Waals surface area contributed by atoms with Crippen LogP contribution in [0.25, 0.3) is 22.8 Å². The first kappa shape index (κ1) is 20.1. The number of rotatable bonds is 7. The van der Waals surface area contributed by atoms with E-state index in [9.17, 15) is 10.1 Å². The molecule has 148 valence electrons. The SMILES string of the molecule is Cc1cc(CCC(=O)O)ccc1-c1noc(-c2ccc(OC(C)C)c(C#N)c2)n1. The molecule has 0 radical (unpaired) electrons. The summed E-state index contributed by atoms with van der Waals surface area (Å²) in [6, 6.07) is 13.0. The van der Waals surface area contributed by atoms with Crippen LogP contribution in [-0.4, -0.2) is 27.3 Å². The molecule has 29 heavy (non-hydrogen) atoms. The number of ether oxygens (including phenoxy) is 1.